The molecule has 3 nitrogen and oxygen atoms in total. The molecule has 0 aliphatic heterocycles. The summed E-state index contributed by atoms with van der Waals surface area (Å²) in [6.07, 6.45) is 9.59. The minimum Gasteiger partial charge on any atom is -0.383 e. The molecule has 2 N–H and O–H groups in total. The first-order chi connectivity index (χ1) is 32.6. The Labute approximate surface area is 407 Å². The molecule has 0 atom stereocenters. The van der Waals surface area contributed by atoms with Crippen LogP contribution in [0.4, 0.5) is 0 Å². The summed E-state index contributed by atoms with van der Waals surface area (Å²) in [6.45, 7) is 24.1. The van der Waals surface area contributed by atoms with Crippen LogP contribution in [-0.4, -0.2) is 10.4 Å². The highest BCUT2D eigenvalue weighted by Crippen LogP contribution is 2.37. The van der Waals surface area contributed by atoms with Crippen LogP contribution >= 0.6 is 0 Å². The predicted molar refractivity (Wildman–Crippen MR) is 296 cm³/mol. The van der Waals surface area contributed by atoms with E-state index in [4.69, 9.17) is 10.7 Å². The van der Waals surface area contributed by atoms with E-state index in [-0.39, 0.29) is 10.8 Å². The number of amidine groups is 1. The number of fused-ring (bicyclic) bond motifs is 3. The molecule has 7 aromatic carbocycles. The molecule has 1 heterocycles. The third-order valence-electron chi connectivity index (χ3n) is 12.9. The number of nitrogens with zero attached hydrogens (tertiary/aromatic N) is 2. The molecule has 0 radical (unpaired) electrons. The van der Waals surface area contributed by atoms with Crippen LogP contribution in [-0.2, 0) is 23.7 Å². The smallest absolute Gasteiger partial charge is 0.131 e. The first kappa shape index (κ1) is 48.9. The molecule has 1 aliphatic carbocycles. The molecule has 1 aliphatic rings. The summed E-state index contributed by atoms with van der Waals surface area (Å²) in [5.74, 6) is 0.498. The number of hydrogen-bond acceptors (Lipinski definition) is 1. The van der Waals surface area contributed by atoms with Crippen molar-refractivity contribution in [2.75, 3.05) is 0 Å². The third kappa shape index (κ3) is 11.4. The SMILES string of the molecule is CC.Cc1cccc(-c2cccc(/C(=C/Cc3ccccc3)N=C(N)c3cccc(-n4c5c(c6cc(C(C)(C)C)ccc64)C=CCC5)c3)c2)c1.Cc1ccccc1-c1cc(C(C)(C)C)ccc1C. The van der Waals surface area contributed by atoms with E-state index >= 15 is 0 Å². The van der Waals surface area contributed by atoms with E-state index in [0.717, 1.165) is 47.3 Å². The van der Waals surface area contributed by atoms with Crippen LogP contribution in [0.1, 0.15) is 118 Å². The van der Waals surface area contributed by atoms with Crippen molar-refractivity contribution < 1.29 is 0 Å². The van der Waals surface area contributed by atoms with Crippen LogP contribution in [0.25, 0.3) is 50.6 Å². The van der Waals surface area contributed by atoms with Gasteiger partial charge in [-0.15, -0.1) is 0 Å². The van der Waals surface area contributed by atoms with Crippen LogP contribution in [0.15, 0.2) is 181 Å². The van der Waals surface area contributed by atoms with Crippen molar-refractivity contribution in [2.45, 2.75) is 106 Å². The molecule has 0 amide bonds. The highest BCUT2D eigenvalue weighted by molar-refractivity contribution is 6.01. The Morgan fingerprint density at radius 1 is 0.603 bits per heavy atom. The number of hydrogen-bond donors (Lipinski definition) is 1. The molecule has 68 heavy (non-hydrogen) atoms. The summed E-state index contributed by atoms with van der Waals surface area (Å²) in [6, 6.07) is 58.7. The number of rotatable bonds is 8. The lowest BCUT2D eigenvalue weighted by molar-refractivity contribution is 0.590. The Bertz CT molecular complexity index is 3100. The Morgan fingerprint density at radius 2 is 1.24 bits per heavy atom. The van der Waals surface area contributed by atoms with Crippen molar-refractivity contribution in [2.24, 2.45) is 10.7 Å². The second-order valence-corrected chi connectivity index (χ2v) is 20.0. The lowest BCUT2D eigenvalue weighted by Gasteiger charge is -2.21. The van der Waals surface area contributed by atoms with Crippen molar-refractivity contribution in [3.8, 4) is 27.9 Å². The van der Waals surface area contributed by atoms with Crippen molar-refractivity contribution >= 4 is 28.5 Å². The fourth-order valence-corrected chi connectivity index (χ4v) is 8.97. The maximum atomic E-state index is 6.90. The third-order valence-corrected chi connectivity index (χ3v) is 12.9. The molecule has 0 saturated heterocycles. The monoisotopic (exact) mass is 894 g/mol. The molecule has 0 spiro atoms. The number of nitrogens with two attached hydrogens (primary N) is 1. The average molecular weight is 894 g/mol. The molecule has 1 aromatic heterocycles. The van der Waals surface area contributed by atoms with Gasteiger partial charge < -0.3 is 10.3 Å². The Kier molecular flexibility index (Phi) is 15.4. The first-order valence-electron chi connectivity index (χ1n) is 24.5. The molecular formula is C65H71N3. The number of allylic oxidation sites excluding steroid dienone is 2. The van der Waals surface area contributed by atoms with Crippen molar-refractivity contribution in [1.82, 2.24) is 4.57 Å². The van der Waals surface area contributed by atoms with Gasteiger partial charge in [-0.3, -0.25) is 0 Å². The minimum atomic E-state index is 0.0810. The summed E-state index contributed by atoms with van der Waals surface area (Å²) in [7, 11) is 0. The van der Waals surface area contributed by atoms with E-state index in [1.165, 1.54) is 72.2 Å². The van der Waals surface area contributed by atoms with Crippen molar-refractivity contribution in [1.29, 1.82) is 0 Å². The van der Waals surface area contributed by atoms with Gasteiger partial charge in [0.15, 0.2) is 0 Å². The predicted octanol–water partition coefficient (Wildman–Crippen LogP) is 17.1. The van der Waals surface area contributed by atoms with Gasteiger partial charge in [0.1, 0.15) is 5.84 Å². The van der Waals surface area contributed by atoms with Gasteiger partial charge in [-0.25, -0.2) is 4.99 Å². The van der Waals surface area contributed by atoms with Gasteiger partial charge in [-0.05, 0) is 131 Å². The van der Waals surface area contributed by atoms with Gasteiger partial charge in [0.05, 0.1) is 11.2 Å². The maximum Gasteiger partial charge on any atom is 0.131 e. The summed E-state index contributed by atoms with van der Waals surface area (Å²) >= 11 is 0. The zero-order valence-corrected chi connectivity index (χ0v) is 42.4. The zero-order chi connectivity index (χ0) is 48.6. The second kappa shape index (κ2) is 21.3. The number of aliphatic imine (C=N–C) groups is 1. The average Bonchev–Trinajstić information content (AvgIpc) is 3.68. The van der Waals surface area contributed by atoms with Crippen molar-refractivity contribution in [3.05, 3.63) is 232 Å². The van der Waals surface area contributed by atoms with Gasteiger partial charge in [-0.2, -0.15) is 0 Å². The summed E-state index contributed by atoms with van der Waals surface area (Å²) in [4.78, 5) is 5.13. The van der Waals surface area contributed by atoms with E-state index in [1.54, 1.807) is 0 Å². The van der Waals surface area contributed by atoms with Crippen LogP contribution in [0, 0.1) is 20.8 Å². The molecule has 9 rings (SSSR count). The molecular weight excluding hydrogens is 823 g/mol. The maximum absolute atomic E-state index is 6.90. The highest BCUT2D eigenvalue weighted by Gasteiger charge is 2.22. The van der Waals surface area contributed by atoms with E-state index in [1.807, 2.05) is 19.9 Å². The largest absolute Gasteiger partial charge is 0.383 e. The van der Waals surface area contributed by atoms with Crippen LogP contribution in [0.3, 0.4) is 0 Å². The van der Waals surface area contributed by atoms with Crippen LogP contribution in [0.2, 0.25) is 0 Å². The molecule has 0 fully saturated rings. The Balaban J connectivity index is 0.000000286. The molecule has 3 heteroatoms. The lowest BCUT2D eigenvalue weighted by Crippen LogP contribution is -2.14. The van der Waals surface area contributed by atoms with Crippen LogP contribution < -0.4 is 5.73 Å². The Hall–Kier alpha value is -6.97. The van der Waals surface area contributed by atoms with Crippen LogP contribution in [0.5, 0.6) is 0 Å². The number of aryl methyl sites for hydroxylation is 3. The van der Waals surface area contributed by atoms with E-state index in [2.05, 4.69) is 243 Å². The first-order valence-corrected chi connectivity index (χ1v) is 24.5. The fourth-order valence-electron chi connectivity index (χ4n) is 8.97. The second-order valence-electron chi connectivity index (χ2n) is 20.0. The molecule has 0 bridgehead atoms. The fraction of sp³-hybridized carbons (Fsp3) is 0.246. The zero-order valence-electron chi connectivity index (χ0n) is 42.4. The van der Waals surface area contributed by atoms with Gasteiger partial charge in [0, 0.05) is 33.5 Å². The Morgan fingerprint density at radius 3 is 1.96 bits per heavy atom. The summed E-state index contributed by atoms with van der Waals surface area (Å²) in [5.41, 5.74) is 27.9. The van der Waals surface area contributed by atoms with E-state index in [0.29, 0.717) is 5.84 Å². The highest BCUT2D eigenvalue weighted by atomic mass is 15.0. The molecule has 8 aromatic rings. The quantitative estimate of drug-likeness (QED) is 0.120. The molecule has 0 saturated carbocycles. The van der Waals surface area contributed by atoms with E-state index in [9.17, 15) is 0 Å². The number of aromatic nitrogens is 1. The van der Waals surface area contributed by atoms with Crippen molar-refractivity contribution in [3.63, 3.8) is 0 Å². The summed E-state index contributed by atoms with van der Waals surface area (Å²) < 4.78 is 2.43. The minimum absolute atomic E-state index is 0.0810. The summed E-state index contributed by atoms with van der Waals surface area (Å²) in [5, 5.41) is 1.31. The lowest BCUT2D eigenvalue weighted by atomic mass is 9.84. The standard InChI is InChI=1S/C45H43N3.C18H22.C2H6/c1-31-13-10-16-33(27-31)34-17-11-18-35(28-34)41(25-23-32-14-6-5-7-15-32)47-44(46)36-19-12-20-38(29-36)48-42-22-9-8-21-39(42)40-30-37(45(2,3)4)24-26-43(40)48;1-13-8-6-7-9-16(13)17-12-15(18(3,4)5)11-10-14(17)2;1-2/h5-8,10-21,24-30H,9,22-23H2,1-4H3,(H2,46,47);6-12H,1-5H3;1-2H3/b41-25-;;. The van der Waals surface area contributed by atoms with Gasteiger partial charge >= 0.3 is 0 Å². The molecule has 0 unspecified atom stereocenters. The number of benzene rings is 7. The molecule has 346 valence electrons. The van der Waals surface area contributed by atoms with Gasteiger partial charge in [-0.1, -0.05) is 213 Å². The van der Waals surface area contributed by atoms with Gasteiger partial charge in [0.25, 0.3) is 0 Å². The normalized spacial score (nSPS) is 12.8. The topological polar surface area (TPSA) is 43.3 Å². The van der Waals surface area contributed by atoms with E-state index < -0.39 is 0 Å². The van der Waals surface area contributed by atoms with Gasteiger partial charge in [0.2, 0.25) is 0 Å².